The Kier molecular flexibility index (Phi) is 4.75. The Labute approximate surface area is 178 Å². The Balaban J connectivity index is 1.63. The number of nitrogens with zero attached hydrogens (tertiary/aromatic N) is 2. The Morgan fingerprint density at radius 3 is 2.53 bits per heavy atom. The van der Waals surface area contributed by atoms with Gasteiger partial charge in [0, 0.05) is 25.6 Å². The maximum Gasteiger partial charge on any atom is 0.325 e. The fraction of sp³-hybridized carbons (Fsp3) is 0.300. The van der Waals surface area contributed by atoms with Gasteiger partial charge in [-0.2, -0.15) is 4.72 Å². The summed E-state index contributed by atoms with van der Waals surface area (Å²) in [6, 6.07) is 13.9. The zero-order valence-corrected chi connectivity index (χ0v) is 18.3. The Morgan fingerprint density at radius 1 is 1.23 bits per heavy atom. The molecule has 10 heteroatoms. The van der Waals surface area contributed by atoms with Crippen LogP contribution in [-0.4, -0.2) is 44.3 Å². The Bertz CT molecular complexity index is 1200. The van der Waals surface area contributed by atoms with Crippen LogP contribution in [0.3, 0.4) is 0 Å². The minimum Gasteiger partial charge on any atom is -0.480 e. The summed E-state index contributed by atoms with van der Waals surface area (Å²) in [5.41, 5.74) is -1.14. The molecule has 158 valence electrons. The topological polar surface area (TPSA) is 113 Å². The molecule has 2 heterocycles. The first-order valence-corrected chi connectivity index (χ1v) is 11.5. The monoisotopic (exact) mass is 447 g/mol. The van der Waals surface area contributed by atoms with Crippen LogP contribution in [0, 0.1) is 0 Å². The number of nitrogens with one attached hydrogen (secondary N) is 1. The van der Waals surface area contributed by atoms with E-state index in [2.05, 4.69) is 9.88 Å². The molecule has 0 aliphatic heterocycles. The molecule has 0 bridgehead atoms. The van der Waals surface area contributed by atoms with Crippen molar-refractivity contribution in [1.29, 1.82) is 0 Å². The van der Waals surface area contributed by atoms with Crippen LogP contribution in [0.4, 0.5) is 5.88 Å². The molecule has 8 nitrogen and oxygen atoms in total. The number of benzene rings is 1. The highest BCUT2D eigenvalue weighted by Crippen LogP contribution is 2.58. The molecule has 0 radical (unpaired) electrons. The zero-order chi connectivity index (χ0) is 21.7. The van der Waals surface area contributed by atoms with E-state index in [1.165, 1.54) is 6.07 Å². The molecule has 0 spiro atoms. The molecule has 2 N–H and O–H groups in total. The van der Waals surface area contributed by atoms with Gasteiger partial charge in [-0.1, -0.05) is 42.4 Å². The van der Waals surface area contributed by atoms with Crippen molar-refractivity contribution < 1.29 is 22.8 Å². The van der Waals surface area contributed by atoms with Crippen molar-refractivity contribution >= 4 is 33.2 Å². The molecule has 2 aromatic heterocycles. The lowest BCUT2D eigenvalue weighted by Crippen LogP contribution is -2.47. The number of hydrogen-bond acceptors (Lipinski definition) is 7. The highest BCUT2D eigenvalue weighted by Gasteiger charge is 2.72. The SMILES string of the molecule is CN(C)c1cc(-c2ccc(S(=O)(=O)N[C@@]3(C(=O)O)C[C@]3(C)c3ccccc3)s2)no1. The smallest absolute Gasteiger partial charge is 0.325 e. The van der Waals surface area contributed by atoms with Crippen molar-refractivity contribution in [3.05, 3.63) is 54.1 Å². The second-order valence-corrected chi connectivity index (χ2v) is 10.7. The number of aliphatic carboxylic acids is 1. The van der Waals surface area contributed by atoms with Crippen LogP contribution in [0.5, 0.6) is 0 Å². The van der Waals surface area contributed by atoms with Gasteiger partial charge >= 0.3 is 5.97 Å². The molecule has 1 saturated carbocycles. The fourth-order valence-electron chi connectivity index (χ4n) is 3.62. The van der Waals surface area contributed by atoms with E-state index in [4.69, 9.17) is 4.52 Å². The van der Waals surface area contributed by atoms with Crippen LogP contribution in [0.15, 0.2) is 57.3 Å². The molecular formula is C20H21N3O5S2. The molecule has 1 fully saturated rings. The summed E-state index contributed by atoms with van der Waals surface area (Å²) < 4.78 is 33.8. The minimum atomic E-state index is -4.06. The molecule has 0 saturated heterocycles. The molecule has 1 aromatic carbocycles. The first-order valence-electron chi connectivity index (χ1n) is 9.16. The van der Waals surface area contributed by atoms with Gasteiger partial charge in [0.25, 0.3) is 10.0 Å². The van der Waals surface area contributed by atoms with E-state index < -0.39 is 26.9 Å². The van der Waals surface area contributed by atoms with Crippen LogP contribution in [0.1, 0.15) is 18.9 Å². The summed E-state index contributed by atoms with van der Waals surface area (Å²) in [4.78, 5) is 14.5. The van der Waals surface area contributed by atoms with Crippen molar-refractivity contribution in [3.63, 3.8) is 0 Å². The van der Waals surface area contributed by atoms with Gasteiger partial charge in [0.05, 0.1) is 4.88 Å². The van der Waals surface area contributed by atoms with E-state index in [1.807, 2.05) is 44.4 Å². The fourth-order valence-corrected chi connectivity index (χ4v) is 6.33. The highest BCUT2D eigenvalue weighted by atomic mass is 32.2. The van der Waals surface area contributed by atoms with Crippen LogP contribution in [0.2, 0.25) is 0 Å². The minimum absolute atomic E-state index is 0.0230. The summed E-state index contributed by atoms with van der Waals surface area (Å²) in [6.45, 7) is 1.76. The van der Waals surface area contributed by atoms with Gasteiger partial charge in [-0.15, -0.1) is 11.3 Å². The second kappa shape index (κ2) is 6.93. The molecular weight excluding hydrogens is 426 g/mol. The van der Waals surface area contributed by atoms with E-state index >= 15 is 0 Å². The summed E-state index contributed by atoms with van der Waals surface area (Å²) in [5.74, 6) is -0.649. The van der Waals surface area contributed by atoms with Crippen molar-refractivity contribution in [1.82, 2.24) is 9.88 Å². The Morgan fingerprint density at radius 2 is 1.93 bits per heavy atom. The highest BCUT2D eigenvalue weighted by molar-refractivity contribution is 7.91. The van der Waals surface area contributed by atoms with E-state index in [0.29, 0.717) is 16.5 Å². The van der Waals surface area contributed by atoms with E-state index in [9.17, 15) is 18.3 Å². The standard InChI is InChI=1S/C20H21N3O5S2/c1-19(13-7-5-4-6-8-13)12-20(19,18(24)25)22-30(26,27)17-10-9-15(29-17)14-11-16(23(2)3)28-21-14/h4-11,22H,12H2,1-3H3,(H,24,25)/t19-,20-/m1/s1. The van der Waals surface area contributed by atoms with Gasteiger partial charge in [-0.25, -0.2) is 8.42 Å². The van der Waals surface area contributed by atoms with E-state index in [1.54, 1.807) is 24.0 Å². The lowest BCUT2D eigenvalue weighted by molar-refractivity contribution is -0.140. The number of thiophene rings is 1. The molecule has 2 atom stereocenters. The summed E-state index contributed by atoms with van der Waals surface area (Å²) in [6.07, 6.45) is 0.173. The van der Waals surface area contributed by atoms with Crippen LogP contribution >= 0.6 is 11.3 Å². The van der Waals surface area contributed by atoms with Gasteiger partial charge in [0.1, 0.15) is 15.4 Å². The Hall–Kier alpha value is -2.69. The first-order chi connectivity index (χ1) is 14.1. The first kappa shape index (κ1) is 20.6. The average molecular weight is 448 g/mol. The number of sulfonamides is 1. The lowest BCUT2D eigenvalue weighted by Gasteiger charge is -2.20. The van der Waals surface area contributed by atoms with E-state index in [0.717, 1.165) is 16.9 Å². The number of hydrogen-bond donors (Lipinski definition) is 2. The third-order valence-corrected chi connectivity index (χ3v) is 8.65. The quantitative estimate of drug-likeness (QED) is 0.572. The number of carboxylic acid groups (broad SMARTS) is 1. The number of rotatable bonds is 7. The number of anilines is 1. The van der Waals surface area contributed by atoms with Crippen molar-refractivity contribution in [3.8, 4) is 10.6 Å². The summed E-state index contributed by atoms with van der Waals surface area (Å²) >= 11 is 1.01. The second-order valence-electron chi connectivity index (χ2n) is 7.75. The number of carbonyl (C=O) groups is 1. The maximum atomic E-state index is 13.1. The number of aromatic nitrogens is 1. The normalized spacial score (nSPS) is 23.3. The lowest BCUT2D eigenvalue weighted by atomic mass is 9.93. The molecule has 3 aromatic rings. The van der Waals surface area contributed by atoms with Crippen molar-refractivity contribution in [2.75, 3.05) is 19.0 Å². The molecule has 4 rings (SSSR count). The predicted octanol–water partition coefficient (Wildman–Crippen LogP) is 2.93. The van der Waals surface area contributed by atoms with Gasteiger partial charge in [0.2, 0.25) is 5.88 Å². The average Bonchev–Trinajstić information content (AvgIpc) is 3.11. The summed E-state index contributed by atoms with van der Waals surface area (Å²) in [7, 11) is -0.440. The van der Waals surface area contributed by atoms with Gasteiger partial charge in [-0.3, -0.25) is 4.79 Å². The van der Waals surface area contributed by atoms with E-state index in [-0.39, 0.29) is 10.6 Å². The van der Waals surface area contributed by atoms with Crippen molar-refractivity contribution in [2.24, 2.45) is 0 Å². The van der Waals surface area contributed by atoms with Crippen LogP contribution < -0.4 is 9.62 Å². The van der Waals surface area contributed by atoms with Gasteiger partial charge in [0.15, 0.2) is 0 Å². The third-order valence-electron chi connectivity index (χ3n) is 5.56. The molecule has 0 amide bonds. The number of carboxylic acids is 1. The maximum absolute atomic E-state index is 13.1. The predicted molar refractivity (Wildman–Crippen MR) is 113 cm³/mol. The molecule has 1 aliphatic carbocycles. The van der Waals surface area contributed by atoms with Gasteiger partial charge in [-0.05, 0) is 24.1 Å². The third kappa shape index (κ3) is 3.21. The van der Waals surface area contributed by atoms with Crippen LogP contribution in [-0.2, 0) is 20.2 Å². The summed E-state index contributed by atoms with van der Waals surface area (Å²) in [5, 5.41) is 13.9. The zero-order valence-electron chi connectivity index (χ0n) is 16.6. The van der Waals surface area contributed by atoms with Crippen LogP contribution in [0.25, 0.3) is 10.6 Å². The molecule has 0 unspecified atom stereocenters. The van der Waals surface area contributed by atoms with Crippen molar-refractivity contribution in [2.45, 2.75) is 28.5 Å². The largest absolute Gasteiger partial charge is 0.480 e. The molecule has 1 aliphatic rings. The van der Waals surface area contributed by atoms with Gasteiger partial charge < -0.3 is 14.5 Å². The molecule has 30 heavy (non-hydrogen) atoms.